The molecule has 1 atom stereocenters. The van der Waals surface area contributed by atoms with Gasteiger partial charge in [-0.25, -0.2) is 4.98 Å². The molecule has 0 amide bonds. The van der Waals surface area contributed by atoms with Crippen LogP contribution in [0.4, 0.5) is 0 Å². The number of thiophene rings is 1. The van der Waals surface area contributed by atoms with Crippen molar-refractivity contribution in [1.29, 1.82) is 5.26 Å². The molecule has 3 rings (SSSR count). The van der Waals surface area contributed by atoms with Gasteiger partial charge >= 0.3 is 5.97 Å². The zero-order valence-corrected chi connectivity index (χ0v) is 16.0. The molecule has 1 aliphatic carbocycles. The van der Waals surface area contributed by atoms with Gasteiger partial charge in [-0.05, 0) is 56.5 Å². The Morgan fingerprint density at radius 3 is 2.96 bits per heavy atom. The zero-order valence-electron chi connectivity index (χ0n) is 14.4. The van der Waals surface area contributed by atoms with Crippen molar-refractivity contribution in [3.63, 3.8) is 0 Å². The fourth-order valence-electron chi connectivity index (χ4n) is 3.08. The third-order valence-electron chi connectivity index (χ3n) is 4.23. The van der Waals surface area contributed by atoms with Crippen LogP contribution in [0.15, 0.2) is 22.5 Å². The summed E-state index contributed by atoms with van der Waals surface area (Å²) in [5.41, 5.74) is 3.88. The minimum atomic E-state index is -0.391. The highest BCUT2D eigenvalue weighted by Gasteiger charge is 2.26. The highest BCUT2D eigenvalue weighted by Crippen LogP contribution is 2.40. The van der Waals surface area contributed by atoms with Gasteiger partial charge in [0.25, 0.3) is 0 Å². The van der Waals surface area contributed by atoms with Crippen molar-refractivity contribution in [2.24, 2.45) is 0 Å². The number of esters is 1. The normalized spacial score (nSPS) is 14.4. The van der Waals surface area contributed by atoms with Crippen LogP contribution in [0.5, 0.6) is 0 Å². The average molecular weight is 373 g/mol. The van der Waals surface area contributed by atoms with Crippen LogP contribution in [-0.2, 0) is 22.4 Å². The number of nitrogens with zero attached hydrogens (tertiary/aromatic N) is 2. The van der Waals surface area contributed by atoms with Gasteiger partial charge in [-0.15, -0.1) is 11.3 Å². The van der Waals surface area contributed by atoms with Crippen LogP contribution in [0.3, 0.4) is 0 Å². The number of hydrogen-bond acceptors (Lipinski definition) is 6. The maximum atomic E-state index is 12.0. The predicted octanol–water partition coefficient (Wildman–Crippen LogP) is 4.60. The highest BCUT2D eigenvalue weighted by molar-refractivity contribution is 8.00. The second-order valence-corrected chi connectivity index (χ2v) is 8.18. The van der Waals surface area contributed by atoms with E-state index in [0.29, 0.717) is 17.2 Å². The fraction of sp³-hybridized carbons (Fsp3) is 0.421. The van der Waals surface area contributed by atoms with Crippen molar-refractivity contribution >= 4 is 29.1 Å². The molecule has 0 spiro atoms. The standard InChI is InChI=1S/C19H20N2O2S2/c1-3-23-19(22)12(2)25-18-14(11-20)17(16-9-6-10-24-16)13-7-4-5-8-15(13)21-18/h6,9-10,12H,3-5,7-8H2,1-2H3/t12-/m0/s1. The van der Waals surface area contributed by atoms with Crippen LogP contribution >= 0.6 is 23.1 Å². The van der Waals surface area contributed by atoms with Gasteiger partial charge in [-0.1, -0.05) is 17.8 Å². The van der Waals surface area contributed by atoms with Gasteiger partial charge in [0.2, 0.25) is 0 Å². The van der Waals surface area contributed by atoms with E-state index in [-0.39, 0.29) is 5.97 Å². The van der Waals surface area contributed by atoms with Crippen molar-refractivity contribution in [2.75, 3.05) is 6.61 Å². The Kier molecular flexibility index (Phi) is 5.77. The third-order valence-corrected chi connectivity index (χ3v) is 6.18. The Labute approximate surface area is 156 Å². The summed E-state index contributed by atoms with van der Waals surface area (Å²) in [4.78, 5) is 17.9. The lowest BCUT2D eigenvalue weighted by atomic mass is 9.89. The minimum Gasteiger partial charge on any atom is -0.465 e. The van der Waals surface area contributed by atoms with Crippen LogP contribution in [0, 0.1) is 11.3 Å². The first-order chi connectivity index (χ1) is 12.2. The van der Waals surface area contributed by atoms with E-state index in [1.165, 1.54) is 17.3 Å². The molecule has 2 aromatic rings. The SMILES string of the molecule is CCOC(=O)[C@H](C)Sc1nc2c(c(-c3cccs3)c1C#N)CCCC2. The predicted molar refractivity (Wildman–Crippen MR) is 101 cm³/mol. The smallest absolute Gasteiger partial charge is 0.319 e. The lowest BCUT2D eigenvalue weighted by molar-refractivity contribution is -0.142. The molecule has 0 unspecified atom stereocenters. The van der Waals surface area contributed by atoms with Crippen molar-refractivity contribution < 1.29 is 9.53 Å². The van der Waals surface area contributed by atoms with Gasteiger partial charge in [0.05, 0.1) is 12.2 Å². The van der Waals surface area contributed by atoms with Crippen LogP contribution in [0.25, 0.3) is 10.4 Å². The number of aromatic nitrogens is 1. The van der Waals surface area contributed by atoms with E-state index in [1.807, 2.05) is 11.4 Å². The number of rotatable bonds is 5. The van der Waals surface area contributed by atoms with Crippen LogP contribution < -0.4 is 0 Å². The van der Waals surface area contributed by atoms with E-state index in [0.717, 1.165) is 41.8 Å². The number of nitriles is 1. The van der Waals surface area contributed by atoms with Crippen molar-refractivity contribution in [1.82, 2.24) is 4.98 Å². The van der Waals surface area contributed by atoms with Gasteiger partial charge in [-0.2, -0.15) is 5.26 Å². The van der Waals surface area contributed by atoms with Gasteiger partial charge in [0.15, 0.2) is 0 Å². The molecule has 0 aliphatic heterocycles. The average Bonchev–Trinajstić information content (AvgIpc) is 3.14. The van der Waals surface area contributed by atoms with Crippen molar-refractivity contribution in [2.45, 2.75) is 49.8 Å². The molecule has 0 saturated heterocycles. The number of carbonyl (C=O) groups excluding carboxylic acids is 1. The summed E-state index contributed by atoms with van der Waals surface area (Å²) >= 11 is 2.96. The monoisotopic (exact) mass is 372 g/mol. The molecule has 0 saturated carbocycles. The third kappa shape index (κ3) is 3.73. The summed E-state index contributed by atoms with van der Waals surface area (Å²) in [7, 11) is 0. The van der Waals surface area contributed by atoms with E-state index in [4.69, 9.17) is 9.72 Å². The van der Waals surface area contributed by atoms with E-state index in [1.54, 1.807) is 25.2 Å². The number of pyridine rings is 1. The number of ether oxygens (including phenoxy) is 1. The summed E-state index contributed by atoms with van der Waals surface area (Å²) in [6.07, 6.45) is 4.14. The maximum Gasteiger partial charge on any atom is 0.319 e. The Morgan fingerprint density at radius 1 is 1.48 bits per heavy atom. The summed E-state index contributed by atoms with van der Waals surface area (Å²) in [6, 6.07) is 6.41. The van der Waals surface area contributed by atoms with Crippen LogP contribution in [-0.4, -0.2) is 22.8 Å². The van der Waals surface area contributed by atoms with Gasteiger partial charge in [0, 0.05) is 16.1 Å². The van der Waals surface area contributed by atoms with E-state index in [2.05, 4.69) is 12.1 Å². The van der Waals surface area contributed by atoms with Crippen molar-refractivity contribution in [3.8, 4) is 16.5 Å². The lowest BCUT2D eigenvalue weighted by Gasteiger charge is -2.22. The van der Waals surface area contributed by atoms with Gasteiger partial charge in [0.1, 0.15) is 16.3 Å². The Hall–Kier alpha value is -1.84. The lowest BCUT2D eigenvalue weighted by Crippen LogP contribution is -2.18. The molecular weight excluding hydrogens is 352 g/mol. The maximum absolute atomic E-state index is 12.0. The molecule has 130 valence electrons. The quantitative estimate of drug-likeness (QED) is 0.567. The topological polar surface area (TPSA) is 63.0 Å². The second kappa shape index (κ2) is 8.03. The molecule has 2 heterocycles. The highest BCUT2D eigenvalue weighted by atomic mass is 32.2. The molecule has 4 nitrogen and oxygen atoms in total. The van der Waals surface area contributed by atoms with E-state index >= 15 is 0 Å². The molecule has 25 heavy (non-hydrogen) atoms. The zero-order chi connectivity index (χ0) is 17.8. The summed E-state index contributed by atoms with van der Waals surface area (Å²) in [6.45, 7) is 3.95. The Morgan fingerprint density at radius 2 is 2.28 bits per heavy atom. The van der Waals surface area contributed by atoms with Crippen molar-refractivity contribution in [3.05, 3.63) is 34.3 Å². The first-order valence-electron chi connectivity index (χ1n) is 8.48. The second-order valence-electron chi connectivity index (χ2n) is 5.90. The molecule has 0 aromatic carbocycles. The van der Waals surface area contributed by atoms with Crippen LogP contribution in [0.1, 0.15) is 43.5 Å². The van der Waals surface area contributed by atoms with Gasteiger partial charge in [-0.3, -0.25) is 4.79 Å². The summed E-state index contributed by atoms with van der Waals surface area (Å²) in [5.74, 6) is -0.270. The number of carbonyl (C=O) groups is 1. The van der Waals surface area contributed by atoms with E-state index < -0.39 is 5.25 Å². The Balaban J connectivity index is 2.08. The minimum absolute atomic E-state index is 0.270. The molecule has 6 heteroatoms. The molecule has 0 bridgehead atoms. The van der Waals surface area contributed by atoms with Gasteiger partial charge < -0.3 is 4.74 Å². The molecule has 0 N–H and O–H groups in total. The number of fused-ring (bicyclic) bond motifs is 1. The number of aryl methyl sites for hydroxylation is 1. The fourth-order valence-corrected chi connectivity index (χ4v) is 4.81. The van der Waals surface area contributed by atoms with Crippen LogP contribution in [0.2, 0.25) is 0 Å². The molecular formula is C19H20N2O2S2. The summed E-state index contributed by atoms with van der Waals surface area (Å²) in [5, 5.41) is 12.1. The van der Waals surface area contributed by atoms with E-state index in [9.17, 15) is 10.1 Å². The molecule has 0 radical (unpaired) electrons. The first-order valence-corrected chi connectivity index (χ1v) is 10.2. The molecule has 1 aliphatic rings. The number of thioether (sulfide) groups is 1. The Bertz CT molecular complexity index is 810. The first kappa shape index (κ1) is 18.0. The summed E-state index contributed by atoms with van der Waals surface area (Å²) < 4.78 is 5.10. The largest absolute Gasteiger partial charge is 0.465 e. The molecule has 2 aromatic heterocycles. The number of hydrogen-bond donors (Lipinski definition) is 0. The molecule has 0 fully saturated rings.